The summed E-state index contributed by atoms with van der Waals surface area (Å²) in [6.45, 7) is 16.7. The Labute approximate surface area is 196 Å². The van der Waals surface area contributed by atoms with Crippen molar-refractivity contribution in [3.05, 3.63) is 26.7 Å². The quantitative estimate of drug-likeness (QED) is 0.214. The van der Waals surface area contributed by atoms with Crippen molar-refractivity contribution in [2.45, 2.75) is 104 Å². The van der Waals surface area contributed by atoms with Crippen LogP contribution >= 0.6 is 8.30 Å². The number of nitrogens with two attached hydrogens (primary N) is 1. The third-order valence-electron chi connectivity index (χ3n) is 5.73. The minimum atomic E-state index is -0.767. The topological polar surface area (TPSA) is 38.5 Å². The Hall–Kier alpha value is 0.569. The summed E-state index contributed by atoms with van der Waals surface area (Å²) >= 11 is 0. The van der Waals surface area contributed by atoms with Gasteiger partial charge in [-0.2, -0.15) is 0 Å². The Bertz CT molecular complexity index is 373. The van der Waals surface area contributed by atoms with Gasteiger partial charge in [0.1, 0.15) is 8.30 Å². The Kier molecular flexibility index (Phi) is 22.7. The first-order valence-corrected chi connectivity index (χ1v) is 12.2. The molecule has 2 aliphatic carbocycles. The van der Waals surface area contributed by atoms with Crippen molar-refractivity contribution in [3.8, 4) is 0 Å². The zero-order chi connectivity index (χ0) is 19.5. The zero-order valence-corrected chi connectivity index (χ0v) is 22.5. The zero-order valence-electron chi connectivity index (χ0n) is 20.5. The van der Waals surface area contributed by atoms with Crippen LogP contribution in [0.3, 0.4) is 0 Å². The molecule has 2 N–H and O–H groups in total. The predicted octanol–water partition coefficient (Wildman–Crippen LogP) is 7.58. The fourth-order valence-electron chi connectivity index (χ4n) is 4.19. The molecule has 1 unspecified atom stereocenters. The van der Waals surface area contributed by atoms with Crippen LogP contribution in [-0.2, 0) is 21.6 Å². The second-order valence-corrected chi connectivity index (χ2v) is 10.5. The fraction of sp³-hybridized carbons (Fsp3) is 0.833. The smallest absolute Gasteiger partial charge is 0.358 e. The minimum Gasteiger partial charge on any atom is -0.358 e. The average molecular weight is 471 g/mol. The van der Waals surface area contributed by atoms with Crippen molar-refractivity contribution in [2.75, 3.05) is 13.2 Å². The van der Waals surface area contributed by atoms with Crippen molar-refractivity contribution >= 4 is 8.30 Å². The molecule has 0 heterocycles. The molecule has 2 fully saturated rings. The van der Waals surface area contributed by atoms with E-state index in [1.54, 1.807) is 0 Å². The molecule has 0 aromatic heterocycles. The Morgan fingerprint density at radius 2 is 1.38 bits per heavy atom. The van der Waals surface area contributed by atoms with Gasteiger partial charge in [-0.15, -0.1) is 0 Å². The van der Waals surface area contributed by atoms with Crippen LogP contribution in [0, 0.1) is 26.7 Å². The fourth-order valence-corrected chi connectivity index (χ4v) is 6.18. The molecule has 0 aliphatic heterocycles. The number of hydrogen-bond acceptors (Lipinski definition) is 3. The first-order valence-electron chi connectivity index (χ1n) is 11.0. The SMILES string of the molecule is C=C(CN)P(OCC1CCCC1)N(C(C)C)C(C)C.CCC1CCCC1.[CH3-].[CH3-].[Fe+2]. The summed E-state index contributed by atoms with van der Waals surface area (Å²) in [4.78, 5) is 0. The Morgan fingerprint density at radius 1 is 0.966 bits per heavy atom. The summed E-state index contributed by atoms with van der Waals surface area (Å²) in [6, 6.07) is 0.913. The van der Waals surface area contributed by atoms with Gasteiger partial charge in [0.15, 0.2) is 0 Å². The van der Waals surface area contributed by atoms with Gasteiger partial charge in [0, 0.05) is 23.9 Å². The van der Waals surface area contributed by atoms with E-state index >= 15 is 0 Å². The van der Waals surface area contributed by atoms with Crippen LogP contribution in [0.25, 0.3) is 0 Å². The van der Waals surface area contributed by atoms with Gasteiger partial charge >= 0.3 is 17.1 Å². The Balaban J connectivity index is -0.000000577. The van der Waals surface area contributed by atoms with Crippen LogP contribution in [0.5, 0.6) is 0 Å². The molecule has 0 spiro atoms. The van der Waals surface area contributed by atoms with Gasteiger partial charge in [-0.1, -0.05) is 58.4 Å². The largest absolute Gasteiger partial charge is 2.00 e. The third kappa shape index (κ3) is 12.9. The monoisotopic (exact) mass is 470 g/mol. The van der Waals surface area contributed by atoms with Crippen molar-refractivity contribution in [1.82, 2.24) is 4.67 Å². The van der Waals surface area contributed by atoms with E-state index in [1.807, 2.05) is 0 Å². The van der Waals surface area contributed by atoms with E-state index in [0.717, 1.165) is 23.8 Å². The van der Waals surface area contributed by atoms with Crippen molar-refractivity contribution in [1.29, 1.82) is 0 Å². The molecule has 2 saturated carbocycles. The number of nitrogens with zero attached hydrogens (tertiary/aromatic N) is 1. The van der Waals surface area contributed by atoms with Crippen LogP contribution in [0.1, 0.15) is 92.4 Å². The predicted molar refractivity (Wildman–Crippen MR) is 130 cm³/mol. The standard InChI is InChI=1S/C15H31N2OP.C7H14.2CH3.Fe/c1-12(2)17(13(3)4)19(14(5)10-16)18-11-15-8-6-7-9-15;1-2-7-5-3-4-6-7;;;/h12-13,15H,5-11,16H2,1-4H3;7H,2-6H2,1H3;2*1H3;/q;;2*-1;+2. The average Bonchev–Trinajstić information content (AvgIpc) is 3.30. The minimum absolute atomic E-state index is 0. The maximum absolute atomic E-state index is 6.27. The summed E-state index contributed by atoms with van der Waals surface area (Å²) in [5.41, 5.74) is 5.80. The molecule has 0 aromatic rings. The number of hydrogen-bond donors (Lipinski definition) is 1. The number of rotatable bonds is 9. The van der Waals surface area contributed by atoms with E-state index in [2.05, 4.69) is 45.9 Å². The second kappa shape index (κ2) is 19.3. The molecule has 3 nitrogen and oxygen atoms in total. The molecule has 2 rings (SSSR count). The summed E-state index contributed by atoms with van der Waals surface area (Å²) in [7, 11) is -0.767. The van der Waals surface area contributed by atoms with Gasteiger partial charge in [-0.3, -0.25) is 4.67 Å². The normalized spacial score (nSPS) is 18.0. The van der Waals surface area contributed by atoms with Gasteiger partial charge < -0.3 is 25.1 Å². The van der Waals surface area contributed by atoms with E-state index in [1.165, 1.54) is 57.8 Å². The maximum Gasteiger partial charge on any atom is 2.00 e. The molecule has 0 saturated heterocycles. The van der Waals surface area contributed by atoms with Gasteiger partial charge in [0.2, 0.25) is 0 Å². The van der Waals surface area contributed by atoms with Crippen molar-refractivity contribution < 1.29 is 21.6 Å². The molecule has 0 bridgehead atoms. The van der Waals surface area contributed by atoms with Crippen LogP contribution in [-0.4, -0.2) is 29.9 Å². The van der Waals surface area contributed by atoms with Gasteiger partial charge in [-0.25, -0.2) is 0 Å². The Morgan fingerprint density at radius 3 is 1.69 bits per heavy atom. The summed E-state index contributed by atoms with van der Waals surface area (Å²) in [5.74, 6) is 1.84. The molecule has 2 aliphatic rings. The summed E-state index contributed by atoms with van der Waals surface area (Å²) in [6.07, 6.45) is 12.8. The molecular weight excluding hydrogens is 419 g/mol. The van der Waals surface area contributed by atoms with Crippen LogP contribution in [0.4, 0.5) is 0 Å². The molecule has 0 amide bonds. The van der Waals surface area contributed by atoms with E-state index in [0.29, 0.717) is 18.6 Å². The molecule has 0 radical (unpaired) electrons. The van der Waals surface area contributed by atoms with E-state index in [-0.39, 0.29) is 31.9 Å². The first-order chi connectivity index (χ1) is 12.4. The van der Waals surface area contributed by atoms with Crippen molar-refractivity contribution in [3.63, 3.8) is 0 Å². The van der Waals surface area contributed by atoms with E-state index in [9.17, 15) is 0 Å². The molecule has 29 heavy (non-hydrogen) atoms. The first kappa shape index (κ1) is 34.2. The van der Waals surface area contributed by atoms with Gasteiger partial charge in [0.05, 0.1) is 6.61 Å². The molecule has 0 aromatic carbocycles. The molecule has 1 atom stereocenters. The van der Waals surface area contributed by atoms with E-state index in [4.69, 9.17) is 10.3 Å². The molecule has 176 valence electrons. The molecule has 5 heteroatoms. The molecular formula is C24H51FeN2OP. The van der Waals surface area contributed by atoms with Crippen LogP contribution in [0.2, 0.25) is 0 Å². The van der Waals surface area contributed by atoms with E-state index < -0.39 is 8.30 Å². The third-order valence-corrected chi connectivity index (χ3v) is 8.19. The van der Waals surface area contributed by atoms with Gasteiger partial charge in [-0.05, 0) is 52.4 Å². The van der Waals surface area contributed by atoms with Crippen LogP contribution < -0.4 is 5.73 Å². The van der Waals surface area contributed by atoms with Crippen LogP contribution in [0.15, 0.2) is 11.9 Å². The maximum atomic E-state index is 6.27. The second-order valence-electron chi connectivity index (χ2n) is 8.62. The summed E-state index contributed by atoms with van der Waals surface area (Å²) < 4.78 is 8.70. The summed E-state index contributed by atoms with van der Waals surface area (Å²) in [5, 5.41) is 1.05. The van der Waals surface area contributed by atoms with Gasteiger partial charge in [0.25, 0.3) is 0 Å². The van der Waals surface area contributed by atoms with Crippen molar-refractivity contribution in [2.24, 2.45) is 17.6 Å².